The maximum atomic E-state index is 12.2. The molecule has 0 bridgehead atoms. The van der Waals surface area contributed by atoms with Crippen LogP contribution in [0.15, 0.2) is 61.2 Å². The molecule has 0 aliphatic heterocycles. The van der Waals surface area contributed by atoms with E-state index in [0.29, 0.717) is 12.1 Å². The number of allylic oxidation sites excluding steroid dienone is 1. The SMILES string of the molecule is CC(C)n1cc(C(=O)C=Cc2cnn(Cc3ccccc3)c2)cn1. The van der Waals surface area contributed by atoms with Gasteiger partial charge in [-0.25, -0.2) is 0 Å². The molecule has 5 heteroatoms. The first-order valence-corrected chi connectivity index (χ1v) is 7.95. The minimum atomic E-state index is -0.0577. The molecule has 0 fully saturated rings. The molecule has 24 heavy (non-hydrogen) atoms. The monoisotopic (exact) mass is 320 g/mol. The van der Waals surface area contributed by atoms with Gasteiger partial charge in [0, 0.05) is 24.0 Å². The van der Waals surface area contributed by atoms with Gasteiger partial charge in [0.2, 0.25) is 0 Å². The summed E-state index contributed by atoms with van der Waals surface area (Å²) < 4.78 is 3.63. The summed E-state index contributed by atoms with van der Waals surface area (Å²) in [5.74, 6) is -0.0577. The van der Waals surface area contributed by atoms with Crippen molar-refractivity contribution >= 4 is 11.9 Å². The molecule has 122 valence electrons. The second-order valence-electron chi connectivity index (χ2n) is 5.96. The van der Waals surface area contributed by atoms with Gasteiger partial charge in [0.25, 0.3) is 0 Å². The molecule has 3 rings (SSSR count). The van der Waals surface area contributed by atoms with Crippen LogP contribution in [0.2, 0.25) is 0 Å². The second kappa shape index (κ2) is 7.08. The lowest BCUT2D eigenvalue weighted by molar-refractivity contribution is 0.104. The van der Waals surface area contributed by atoms with Gasteiger partial charge in [-0.3, -0.25) is 14.2 Å². The molecule has 0 aliphatic carbocycles. The van der Waals surface area contributed by atoms with Crippen molar-refractivity contribution in [1.82, 2.24) is 19.6 Å². The molecule has 0 saturated heterocycles. The molecular formula is C19H20N4O. The maximum absolute atomic E-state index is 12.2. The van der Waals surface area contributed by atoms with Gasteiger partial charge < -0.3 is 0 Å². The van der Waals surface area contributed by atoms with Gasteiger partial charge in [-0.1, -0.05) is 30.3 Å². The average Bonchev–Trinajstić information content (AvgIpc) is 3.23. The first-order chi connectivity index (χ1) is 11.6. The zero-order chi connectivity index (χ0) is 16.9. The molecule has 1 aromatic carbocycles. The van der Waals surface area contributed by atoms with Crippen LogP contribution in [0.3, 0.4) is 0 Å². The van der Waals surface area contributed by atoms with Crippen LogP contribution >= 0.6 is 0 Å². The van der Waals surface area contributed by atoms with Gasteiger partial charge >= 0.3 is 0 Å². The smallest absolute Gasteiger partial charge is 0.189 e. The summed E-state index contributed by atoms with van der Waals surface area (Å²) in [7, 11) is 0. The van der Waals surface area contributed by atoms with Crippen molar-refractivity contribution in [3.63, 3.8) is 0 Å². The Kier molecular flexibility index (Phi) is 4.70. The van der Waals surface area contributed by atoms with Crippen molar-refractivity contribution in [1.29, 1.82) is 0 Å². The molecule has 0 atom stereocenters. The van der Waals surface area contributed by atoms with Crippen LogP contribution in [0, 0.1) is 0 Å². The molecule has 5 nitrogen and oxygen atoms in total. The topological polar surface area (TPSA) is 52.7 Å². The van der Waals surface area contributed by atoms with Gasteiger partial charge in [-0.15, -0.1) is 0 Å². The lowest BCUT2D eigenvalue weighted by Gasteiger charge is -2.02. The van der Waals surface area contributed by atoms with E-state index in [-0.39, 0.29) is 11.8 Å². The molecule has 2 heterocycles. The van der Waals surface area contributed by atoms with Crippen molar-refractivity contribution in [3.05, 3.63) is 77.9 Å². The third kappa shape index (κ3) is 3.87. The highest BCUT2D eigenvalue weighted by Crippen LogP contribution is 2.09. The van der Waals surface area contributed by atoms with Gasteiger partial charge in [0.15, 0.2) is 5.78 Å². The highest BCUT2D eigenvalue weighted by Gasteiger charge is 2.07. The number of hydrogen-bond donors (Lipinski definition) is 0. The molecule has 0 radical (unpaired) electrons. The second-order valence-corrected chi connectivity index (χ2v) is 5.96. The van der Waals surface area contributed by atoms with Gasteiger partial charge in [0.05, 0.1) is 24.5 Å². The minimum absolute atomic E-state index is 0.0577. The third-order valence-electron chi connectivity index (χ3n) is 3.68. The molecular weight excluding hydrogens is 300 g/mol. The molecule has 3 aromatic rings. The molecule has 0 saturated carbocycles. The van der Waals surface area contributed by atoms with Crippen molar-refractivity contribution in [2.75, 3.05) is 0 Å². The Bertz CT molecular complexity index is 843. The third-order valence-corrected chi connectivity index (χ3v) is 3.68. The Morgan fingerprint density at radius 1 is 1.12 bits per heavy atom. The number of benzene rings is 1. The zero-order valence-corrected chi connectivity index (χ0v) is 13.8. The maximum Gasteiger partial charge on any atom is 0.189 e. The summed E-state index contributed by atoms with van der Waals surface area (Å²) in [6, 6.07) is 10.4. The molecule has 0 aliphatic rings. The van der Waals surface area contributed by atoms with E-state index in [0.717, 1.165) is 5.56 Å². The number of rotatable bonds is 6. The predicted molar refractivity (Wildman–Crippen MR) is 93.7 cm³/mol. The fourth-order valence-corrected chi connectivity index (χ4v) is 2.34. The number of carbonyl (C=O) groups excluding carboxylic acids is 1. The van der Waals surface area contributed by atoms with Crippen molar-refractivity contribution in [3.8, 4) is 0 Å². The van der Waals surface area contributed by atoms with E-state index in [1.807, 2.05) is 42.9 Å². The normalized spacial score (nSPS) is 11.5. The van der Waals surface area contributed by atoms with Gasteiger partial charge in [0.1, 0.15) is 0 Å². The lowest BCUT2D eigenvalue weighted by atomic mass is 10.2. The Morgan fingerprint density at radius 3 is 2.62 bits per heavy atom. The standard InChI is InChI=1S/C19H20N4O/c1-15(2)23-14-18(11-21-23)19(24)9-8-17-10-20-22(13-17)12-16-6-4-3-5-7-16/h3-11,13-15H,12H2,1-2H3. The van der Waals surface area contributed by atoms with E-state index in [1.54, 1.807) is 35.4 Å². The lowest BCUT2D eigenvalue weighted by Crippen LogP contribution is -2.00. The summed E-state index contributed by atoms with van der Waals surface area (Å²) in [6.45, 7) is 4.76. The molecule has 0 spiro atoms. The summed E-state index contributed by atoms with van der Waals surface area (Å²) >= 11 is 0. The Morgan fingerprint density at radius 2 is 1.92 bits per heavy atom. The average molecular weight is 320 g/mol. The Labute approximate surface area is 141 Å². The van der Waals surface area contributed by atoms with Gasteiger partial charge in [-0.2, -0.15) is 10.2 Å². The number of aromatic nitrogens is 4. The summed E-state index contributed by atoms with van der Waals surface area (Å²) in [6.07, 6.45) is 10.4. The largest absolute Gasteiger partial charge is 0.289 e. The highest BCUT2D eigenvalue weighted by molar-refractivity contribution is 6.06. The van der Waals surface area contributed by atoms with E-state index < -0.39 is 0 Å². The number of ketones is 1. The van der Waals surface area contributed by atoms with Crippen molar-refractivity contribution in [2.24, 2.45) is 0 Å². The summed E-state index contributed by atoms with van der Waals surface area (Å²) in [5, 5.41) is 8.52. The number of carbonyl (C=O) groups is 1. The molecule has 2 aromatic heterocycles. The number of nitrogens with zero attached hydrogens (tertiary/aromatic N) is 4. The van der Waals surface area contributed by atoms with E-state index in [9.17, 15) is 4.79 Å². The molecule has 0 N–H and O–H groups in total. The van der Waals surface area contributed by atoms with E-state index in [1.165, 1.54) is 5.56 Å². The van der Waals surface area contributed by atoms with Crippen LogP contribution in [0.25, 0.3) is 6.08 Å². The van der Waals surface area contributed by atoms with Gasteiger partial charge in [-0.05, 0) is 31.6 Å². The summed E-state index contributed by atoms with van der Waals surface area (Å²) in [5.41, 5.74) is 2.68. The van der Waals surface area contributed by atoms with Crippen LogP contribution in [-0.2, 0) is 6.54 Å². The predicted octanol–water partition coefficient (Wildman–Crippen LogP) is 3.60. The summed E-state index contributed by atoms with van der Waals surface area (Å²) in [4.78, 5) is 12.2. The van der Waals surface area contributed by atoms with Crippen molar-refractivity contribution in [2.45, 2.75) is 26.4 Å². The number of hydrogen-bond acceptors (Lipinski definition) is 3. The first-order valence-electron chi connectivity index (χ1n) is 7.95. The van der Waals surface area contributed by atoms with Crippen molar-refractivity contribution < 1.29 is 4.79 Å². The zero-order valence-electron chi connectivity index (χ0n) is 13.8. The van der Waals surface area contributed by atoms with Crippen LogP contribution in [0.4, 0.5) is 0 Å². The van der Waals surface area contributed by atoms with Crippen LogP contribution < -0.4 is 0 Å². The molecule has 0 amide bonds. The fourth-order valence-electron chi connectivity index (χ4n) is 2.34. The van der Waals surface area contributed by atoms with Crippen LogP contribution in [0.5, 0.6) is 0 Å². The van der Waals surface area contributed by atoms with Crippen LogP contribution in [0.1, 0.15) is 41.4 Å². The van der Waals surface area contributed by atoms with Crippen LogP contribution in [-0.4, -0.2) is 25.3 Å². The minimum Gasteiger partial charge on any atom is -0.289 e. The van der Waals surface area contributed by atoms with E-state index in [2.05, 4.69) is 22.3 Å². The first kappa shape index (κ1) is 15.9. The van der Waals surface area contributed by atoms with E-state index >= 15 is 0 Å². The Balaban J connectivity index is 1.65. The van der Waals surface area contributed by atoms with E-state index in [4.69, 9.17) is 0 Å². The quantitative estimate of drug-likeness (QED) is 0.515. The Hall–Kier alpha value is -2.95. The molecule has 0 unspecified atom stereocenters. The highest BCUT2D eigenvalue weighted by atomic mass is 16.1. The fraction of sp³-hybridized carbons (Fsp3) is 0.211.